The topological polar surface area (TPSA) is 24.9 Å². The Morgan fingerprint density at radius 2 is 2.20 bits per heavy atom. The zero-order valence-corrected chi connectivity index (χ0v) is 11.7. The fourth-order valence-electron chi connectivity index (χ4n) is 3.46. The van der Waals surface area contributed by atoms with E-state index in [1.54, 1.807) is 0 Å². The number of halogens is 1. The summed E-state index contributed by atoms with van der Waals surface area (Å²) in [5, 5.41) is 4.48. The van der Waals surface area contributed by atoms with Crippen molar-refractivity contribution in [3.05, 3.63) is 71.0 Å². The normalized spacial score (nSPS) is 26.8. The van der Waals surface area contributed by atoms with Crippen LogP contribution in [0, 0.1) is 5.92 Å². The number of pyridine rings is 1. The molecule has 1 aliphatic heterocycles. The van der Waals surface area contributed by atoms with E-state index in [1.165, 1.54) is 16.8 Å². The van der Waals surface area contributed by atoms with E-state index < -0.39 is 0 Å². The molecule has 0 saturated carbocycles. The van der Waals surface area contributed by atoms with Gasteiger partial charge in [-0.15, -0.1) is 0 Å². The molecule has 3 heteroatoms. The minimum atomic E-state index is 0.317. The Bertz CT molecular complexity index is 666. The first-order valence-corrected chi connectivity index (χ1v) is 7.33. The first-order chi connectivity index (χ1) is 9.83. The Hall–Kier alpha value is -1.80. The number of nitrogens with zero attached hydrogens (tertiary/aromatic N) is 1. The van der Waals surface area contributed by atoms with Gasteiger partial charge in [0.05, 0.1) is 6.04 Å². The Kier molecular flexibility index (Phi) is 2.78. The fourth-order valence-corrected chi connectivity index (χ4v) is 3.64. The number of aromatic nitrogens is 1. The van der Waals surface area contributed by atoms with Crippen molar-refractivity contribution in [3.8, 4) is 0 Å². The van der Waals surface area contributed by atoms with E-state index in [9.17, 15) is 0 Å². The van der Waals surface area contributed by atoms with Crippen LogP contribution in [-0.2, 0) is 0 Å². The van der Waals surface area contributed by atoms with Gasteiger partial charge >= 0.3 is 0 Å². The third-order valence-corrected chi connectivity index (χ3v) is 4.60. The summed E-state index contributed by atoms with van der Waals surface area (Å²) in [7, 11) is 0. The van der Waals surface area contributed by atoms with E-state index >= 15 is 0 Å². The number of hydrogen-bond donors (Lipinski definition) is 1. The van der Waals surface area contributed by atoms with Crippen molar-refractivity contribution in [1.29, 1.82) is 0 Å². The molecule has 2 nitrogen and oxygen atoms in total. The van der Waals surface area contributed by atoms with Crippen LogP contribution >= 0.6 is 11.6 Å². The minimum Gasteiger partial charge on any atom is -0.378 e. The van der Waals surface area contributed by atoms with Gasteiger partial charge < -0.3 is 5.32 Å². The highest BCUT2D eigenvalue weighted by Gasteiger charge is 2.37. The monoisotopic (exact) mass is 282 g/mol. The SMILES string of the molecule is Clc1ccc2c(c1)[C@@H]1C=CC[C@H]1[C@@H](c1cccnc1)N2. The molecule has 1 aromatic carbocycles. The molecule has 0 unspecified atom stereocenters. The molecule has 2 aromatic rings. The summed E-state index contributed by atoms with van der Waals surface area (Å²) in [5.41, 5.74) is 3.76. The molecule has 4 rings (SSSR count). The highest BCUT2D eigenvalue weighted by molar-refractivity contribution is 6.30. The maximum absolute atomic E-state index is 6.16. The summed E-state index contributed by atoms with van der Waals surface area (Å²) in [5.74, 6) is 1.00. The van der Waals surface area contributed by atoms with Crippen molar-refractivity contribution in [1.82, 2.24) is 4.98 Å². The van der Waals surface area contributed by atoms with E-state index in [-0.39, 0.29) is 0 Å². The maximum atomic E-state index is 6.16. The van der Waals surface area contributed by atoms with Gasteiger partial charge in [-0.2, -0.15) is 0 Å². The quantitative estimate of drug-likeness (QED) is 0.776. The van der Waals surface area contributed by atoms with Gasteiger partial charge in [-0.1, -0.05) is 29.8 Å². The van der Waals surface area contributed by atoms with Crippen LogP contribution in [0.1, 0.15) is 29.5 Å². The number of nitrogens with one attached hydrogen (secondary N) is 1. The van der Waals surface area contributed by atoms with Crippen LogP contribution in [0.5, 0.6) is 0 Å². The molecular weight excluding hydrogens is 268 g/mol. The standard InChI is InChI=1S/C17H15ClN2/c18-12-6-7-16-15(9-12)13-4-1-5-14(13)17(20-16)11-3-2-8-19-10-11/h1-4,6-10,13-14,17,20H,5H2/t13-,14-,17-/m1/s1. The Morgan fingerprint density at radius 3 is 3.05 bits per heavy atom. The van der Waals surface area contributed by atoms with Crippen molar-refractivity contribution in [3.63, 3.8) is 0 Å². The third kappa shape index (κ3) is 1.83. The number of allylic oxidation sites excluding steroid dienone is 2. The van der Waals surface area contributed by atoms with Crippen molar-refractivity contribution >= 4 is 17.3 Å². The van der Waals surface area contributed by atoms with Gasteiger partial charge in [0.1, 0.15) is 0 Å². The highest BCUT2D eigenvalue weighted by atomic mass is 35.5. The molecule has 1 aromatic heterocycles. The first-order valence-electron chi connectivity index (χ1n) is 6.95. The minimum absolute atomic E-state index is 0.317. The summed E-state index contributed by atoms with van der Waals surface area (Å²) >= 11 is 6.16. The number of anilines is 1. The average molecular weight is 283 g/mol. The van der Waals surface area contributed by atoms with E-state index in [4.69, 9.17) is 11.6 Å². The molecule has 2 aliphatic rings. The molecule has 0 radical (unpaired) electrons. The second kappa shape index (κ2) is 4.64. The summed E-state index contributed by atoms with van der Waals surface area (Å²) in [6.45, 7) is 0. The molecule has 20 heavy (non-hydrogen) atoms. The van der Waals surface area contributed by atoms with Crippen LogP contribution in [0.15, 0.2) is 54.9 Å². The zero-order chi connectivity index (χ0) is 13.5. The second-order valence-corrected chi connectivity index (χ2v) is 5.93. The van der Waals surface area contributed by atoms with Gasteiger partial charge in [0.15, 0.2) is 0 Å². The van der Waals surface area contributed by atoms with Gasteiger partial charge in [0, 0.05) is 29.0 Å². The molecule has 2 heterocycles. The van der Waals surface area contributed by atoms with Crippen molar-refractivity contribution < 1.29 is 0 Å². The number of rotatable bonds is 1. The lowest BCUT2D eigenvalue weighted by molar-refractivity contribution is 0.425. The second-order valence-electron chi connectivity index (χ2n) is 5.49. The molecule has 100 valence electrons. The molecule has 1 N–H and O–H groups in total. The van der Waals surface area contributed by atoms with Gasteiger partial charge in [0.25, 0.3) is 0 Å². The Labute approximate surface area is 123 Å². The zero-order valence-electron chi connectivity index (χ0n) is 11.0. The van der Waals surface area contributed by atoms with Gasteiger partial charge in [-0.3, -0.25) is 4.98 Å². The van der Waals surface area contributed by atoms with E-state index in [0.717, 1.165) is 11.4 Å². The van der Waals surface area contributed by atoms with Crippen molar-refractivity contribution in [2.45, 2.75) is 18.4 Å². The van der Waals surface area contributed by atoms with E-state index in [2.05, 4.69) is 40.7 Å². The lowest BCUT2D eigenvalue weighted by Gasteiger charge is -2.37. The molecule has 0 fully saturated rings. The van der Waals surface area contributed by atoms with Crippen LogP contribution < -0.4 is 5.32 Å². The molecule has 0 spiro atoms. The Balaban J connectivity index is 1.80. The van der Waals surface area contributed by atoms with Crippen LogP contribution in [0.25, 0.3) is 0 Å². The predicted molar refractivity (Wildman–Crippen MR) is 82.0 cm³/mol. The van der Waals surface area contributed by atoms with Gasteiger partial charge in [-0.05, 0) is 47.7 Å². The van der Waals surface area contributed by atoms with Gasteiger partial charge in [0.2, 0.25) is 0 Å². The van der Waals surface area contributed by atoms with Crippen LogP contribution in [0.3, 0.4) is 0 Å². The fraction of sp³-hybridized carbons (Fsp3) is 0.235. The summed E-state index contributed by atoms with van der Waals surface area (Å²) in [6.07, 6.45) is 9.50. The molecule has 0 bridgehead atoms. The third-order valence-electron chi connectivity index (χ3n) is 4.37. The highest BCUT2D eigenvalue weighted by Crippen LogP contribution is 2.50. The lowest BCUT2D eigenvalue weighted by atomic mass is 9.77. The molecule has 0 amide bonds. The Morgan fingerprint density at radius 1 is 1.25 bits per heavy atom. The maximum Gasteiger partial charge on any atom is 0.0569 e. The molecule has 1 aliphatic carbocycles. The average Bonchev–Trinajstić information content (AvgIpc) is 2.97. The molecule has 3 atom stereocenters. The van der Waals surface area contributed by atoms with Crippen molar-refractivity contribution in [2.75, 3.05) is 5.32 Å². The largest absolute Gasteiger partial charge is 0.378 e. The van der Waals surface area contributed by atoms with Crippen molar-refractivity contribution in [2.24, 2.45) is 5.92 Å². The summed E-state index contributed by atoms with van der Waals surface area (Å²) < 4.78 is 0. The van der Waals surface area contributed by atoms with Gasteiger partial charge in [-0.25, -0.2) is 0 Å². The van der Waals surface area contributed by atoms with E-state index in [1.807, 2.05) is 24.5 Å². The summed E-state index contributed by atoms with van der Waals surface area (Å²) in [6, 6.07) is 10.6. The number of hydrogen-bond acceptors (Lipinski definition) is 2. The first kappa shape index (κ1) is 12.0. The number of fused-ring (bicyclic) bond motifs is 3. The van der Waals surface area contributed by atoms with Crippen LogP contribution in [0.4, 0.5) is 5.69 Å². The molecule has 0 saturated heterocycles. The number of benzene rings is 1. The molecular formula is C17H15ClN2. The van der Waals surface area contributed by atoms with Crippen LogP contribution in [-0.4, -0.2) is 4.98 Å². The van der Waals surface area contributed by atoms with E-state index in [0.29, 0.717) is 17.9 Å². The summed E-state index contributed by atoms with van der Waals surface area (Å²) in [4.78, 5) is 4.26. The smallest absolute Gasteiger partial charge is 0.0569 e. The van der Waals surface area contributed by atoms with Crippen LogP contribution in [0.2, 0.25) is 5.02 Å². The predicted octanol–water partition coefficient (Wildman–Crippen LogP) is 4.56. The lowest BCUT2D eigenvalue weighted by Crippen LogP contribution is -2.29.